The molecule has 0 radical (unpaired) electrons. The van der Waals surface area contributed by atoms with E-state index in [2.05, 4.69) is 26.1 Å². The number of hydrogen-bond donors (Lipinski definition) is 1. The van der Waals surface area contributed by atoms with Gasteiger partial charge in [-0.3, -0.25) is 0 Å². The molecule has 64 valence electrons. The van der Waals surface area contributed by atoms with E-state index in [9.17, 15) is 0 Å². The monoisotopic (exact) mass is 153 g/mol. The lowest BCUT2D eigenvalue weighted by Gasteiger charge is -2.38. The predicted molar refractivity (Wildman–Crippen MR) is 47.5 cm³/mol. The highest BCUT2D eigenvalue weighted by Crippen LogP contribution is 2.50. The van der Waals surface area contributed by atoms with Crippen LogP contribution in [0.3, 0.4) is 0 Å². The van der Waals surface area contributed by atoms with Gasteiger partial charge in [0.25, 0.3) is 0 Å². The van der Waals surface area contributed by atoms with E-state index in [0.29, 0.717) is 5.41 Å². The normalized spacial score (nSPS) is 49.1. The molecule has 2 aliphatic rings. The average Bonchev–Trinajstić information content (AvgIpc) is 2.45. The lowest BCUT2D eigenvalue weighted by molar-refractivity contribution is 0.130. The Morgan fingerprint density at radius 3 is 2.45 bits per heavy atom. The third kappa shape index (κ3) is 0.936. The van der Waals surface area contributed by atoms with E-state index in [-0.39, 0.29) is 0 Å². The molecular formula is C10H19N. The van der Waals surface area contributed by atoms with Gasteiger partial charge < -0.3 is 5.32 Å². The van der Waals surface area contributed by atoms with Crippen LogP contribution in [0.2, 0.25) is 0 Å². The van der Waals surface area contributed by atoms with Crippen molar-refractivity contribution in [3.05, 3.63) is 0 Å². The Morgan fingerprint density at radius 2 is 2.18 bits per heavy atom. The van der Waals surface area contributed by atoms with Crippen LogP contribution >= 0.6 is 0 Å². The fourth-order valence-electron chi connectivity index (χ4n) is 2.88. The fraction of sp³-hybridized carbons (Fsp3) is 1.00. The van der Waals surface area contributed by atoms with Gasteiger partial charge in [0, 0.05) is 6.04 Å². The number of fused-ring (bicyclic) bond motifs is 2. The second-order valence-electron chi connectivity index (χ2n) is 4.90. The minimum absolute atomic E-state index is 0.649. The number of hydrogen-bond acceptors (Lipinski definition) is 1. The molecule has 11 heavy (non-hydrogen) atoms. The van der Waals surface area contributed by atoms with Crippen LogP contribution in [0, 0.1) is 17.3 Å². The molecule has 1 saturated heterocycles. The van der Waals surface area contributed by atoms with Gasteiger partial charge in [0.2, 0.25) is 0 Å². The zero-order valence-electron chi connectivity index (χ0n) is 7.85. The fourth-order valence-corrected chi connectivity index (χ4v) is 2.88. The summed E-state index contributed by atoms with van der Waals surface area (Å²) in [6.45, 7) is 8.50. The van der Waals surface area contributed by atoms with E-state index >= 15 is 0 Å². The molecule has 1 nitrogen and oxygen atoms in total. The first-order valence-corrected chi connectivity index (χ1v) is 4.86. The van der Waals surface area contributed by atoms with Crippen molar-refractivity contribution in [2.75, 3.05) is 6.54 Å². The number of nitrogens with one attached hydrogen (secondary N) is 1. The summed E-state index contributed by atoms with van der Waals surface area (Å²) in [5.41, 5.74) is 0.649. The van der Waals surface area contributed by atoms with Gasteiger partial charge in [-0.1, -0.05) is 20.8 Å². The Morgan fingerprint density at radius 1 is 1.45 bits per heavy atom. The minimum Gasteiger partial charge on any atom is -0.314 e. The summed E-state index contributed by atoms with van der Waals surface area (Å²) < 4.78 is 0. The Kier molecular flexibility index (Phi) is 1.54. The third-order valence-corrected chi connectivity index (χ3v) is 4.16. The Hall–Kier alpha value is -0.0400. The van der Waals surface area contributed by atoms with Crippen molar-refractivity contribution >= 4 is 0 Å². The summed E-state index contributed by atoms with van der Waals surface area (Å²) in [4.78, 5) is 0. The van der Waals surface area contributed by atoms with Gasteiger partial charge in [0.05, 0.1) is 0 Å². The highest BCUT2D eigenvalue weighted by Gasteiger charge is 2.49. The van der Waals surface area contributed by atoms with Gasteiger partial charge in [-0.15, -0.1) is 0 Å². The molecule has 1 aliphatic carbocycles. The first-order chi connectivity index (χ1) is 5.13. The third-order valence-electron chi connectivity index (χ3n) is 4.16. The molecule has 0 spiro atoms. The summed E-state index contributed by atoms with van der Waals surface area (Å²) >= 11 is 0. The van der Waals surface area contributed by atoms with E-state index < -0.39 is 0 Å². The molecule has 2 fully saturated rings. The minimum atomic E-state index is 0.649. The van der Waals surface area contributed by atoms with Crippen LogP contribution in [-0.2, 0) is 0 Å². The maximum atomic E-state index is 3.57. The van der Waals surface area contributed by atoms with Crippen LogP contribution < -0.4 is 5.32 Å². The molecule has 0 aromatic carbocycles. The van der Waals surface area contributed by atoms with Crippen molar-refractivity contribution < 1.29 is 0 Å². The predicted octanol–water partition coefficient (Wildman–Crippen LogP) is 2.03. The second kappa shape index (κ2) is 2.22. The smallest absolute Gasteiger partial charge is 0.00758 e. The summed E-state index contributed by atoms with van der Waals surface area (Å²) in [6.07, 6.45) is 2.85. The molecule has 0 aromatic rings. The van der Waals surface area contributed by atoms with Crippen LogP contribution in [0.15, 0.2) is 0 Å². The molecule has 2 rings (SSSR count). The molecule has 0 amide bonds. The zero-order chi connectivity index (χ0) is 8.06. The largest absolute Gasteiger partial charge is 0.314 e. The SMILES string of the molecule is CC(C)C1(C)CC2CC1CN2. The molecule has 0 aromatic heterocycles. The molecule has 1 heteroatoms. The summed E-state index contributed by atoms with van der Waals surface area (Å²) in [6, 6.07) is 0.854. The average molecular weight is 153 g/mol. The van der Waals surface area contributed by atoms with Crippen molar-refractivity contribution in [1.82, 2.24) is 5.32 Å². The van der Waals surface area contributed by atoms with Crippen LogP contribution in [0.4, 0.5) is 0 Å². The standard InChI is InChI=1S/C10H19N/c1-7(2)10(3)5-9-4-8(10)6-11-9/h7-9,11H,4-6H2,1-3H3. The molecule has 1 heterocycles. The molecule has 3 unspecified atom stereocenters. The zero-order valence-corrected chi connectivity index (χ0v) is 7.85. The highest BCUT2D eigenvalue weighted by molar-refractivity contribution is 5.03. The van der Waals surface area contributed by atoms with E-state index in [0.717, 1.165) is 17.9 Å². The summed E-state index contributed by atoms with van der Waals surface area (Å²) in [5, 5.41) is 3.57. The van der Waals surface area contributed by atoms with E-state index in [4.69, 9.17) is 0 Å². The summed E-state index contributed by atoms with van der Waals surface area (Å²) in [7, 11) is 0. The van der Waals surface area contributed by atoms with Gasteiger partial charge in [-0.25, -0.2) is 0 Å². The van der Waals surface area contributed by atoms with Crippen LogP contribution in [0.5, 0.6) is 0 Å². The van der Waals surface area contributed by atoms with Gasteiger partial charge >= 0.3 is 0 Å². The van der Waals surface area contributed by atoms with E-state index in [1.54, 1.807) is 0 Å². The Bertz CT molecular complexity index is 164. The summed E-state index contributed by atoms with van der Waals surface area (Å²) in [5.74, 6) is 1.83. The maximum absolute atomic E-state index is 3.57. The molecule has 1 aliphatic heterocycles. The Balaban J connectivity index is 2.16. The van der Waals surface area contributed by atoms with Crippen molar-refractivity contribution in [3.8, 4) is 0 Å². The van der Waals surface area contributed by atoms with Crippen molar-refractivity contribution in [1.29, 1.82) is 0 Å². The van der Waals surface area contributed by atoms with Crippen molar-refractivity contribution in [2.45, 2.75) is 39.7 Å². The van der Waals surface area contributed by atoms with Crippen LogP contribution in [0.1, 0.15) is 33.6 Å². The first-order valence-electron chi connectivity index (χ1n) is 4.86. The molecule has 1 saturated carbocycles. The first kappa shape index (κ1) is 7.60. The molecular weight excluding hydrogens is 134 g/mol. The molecule has 3 atom stereocenters. The van der Waals surface area contributed by atoms with Crippen LogP contribution in [-0.4, -0.2) is 12.6 Å². The Labute approximate surface area is 69.6 Å². The molecule has 2 bridgehead atoms. The maximum Gasteiger partial charge on any atom is 0.00758 e. The highest BCUT2D eigenvalue weighted by atomic mass is 15.0. The topological polar surface area (TPSA) is 12.0 Å². The lowest BCUT2D eigenvalue weighted by atomic mass is 9.70. The quantitative estimate of drug-likeness (QED) is 0.608. The number of rotatable bonds is 1. The van der Waals surface area contributed by atoms with Crippen molar-refractivity contribution in [2.24, 2.45) is 17.3 Å². The van der Waals surface area contributed by atoms with Gasteiger partial charge in [-0.05, 0) is 36.6 Å². The number of piperidine rings is 1. The second-order valence-corrected chi connectivity index (χ2v) is 4.90. The lowest BCUT2D eigenvalue weighted by Crippen LogP contribution is -2.39. The van der Waals surface area contributed by atoms with Crippen molar-refractivity contribution in [3.63, 3.8) is 0 Å². The van der Waals surface area contributed by atoms with Gasteiger partial charge in [0.15, 0.2) is 0 Å². The van der Waals surface area contributed by atoms with Crippen LogP contribution in [0.25, 0.3) is 0 Å². The molecule has 1 N–H and O–H groups in total. The van der Waals surface area contributed by atoms with E-state index in [1.165, 1.54) is 19.4 Å². The van der Waals surface area contributed by atoms with E-state index in [1.807, 2.05) is 0 Å². The van der Waals surface area contributed by atoms with Gasteiger partial charge in [-0.2, -0.15) is 0 Å². The van der Waals surface area contributed by atoms with Gasteiger partial charge in [0.1, 0.15) is 0 Å².